The monoisotopic (exact) mass is 304 g/mol. The normalized spacial score (nSPS) is 11.7. The third-order valence-electron chi connectivity index (χ3n) is 3.52. The van der Waals surface area contributed by atoms with Crippen LogP contribution in [0.1, 0.15) is 27.7 Å². The van der Waals surface area contributed by atoms with Crippen LogP contribution in [-0.2, 0) is 0 Å². The minimum absolute atomic E-state index is 1.04. The number of allylic oxidation sites excluding steroid dienone is 5. The van der Waals surface area contributed by atoms with E-state index in [2.05, 4.69) is 65.5 Å². The van der Waals surface area contributed by atoms with Crippen LogP contribution in [0.3, 0.4) is 0 Å². The van der Waals surface area contributed by atoms with Crippen LogP contribution in [0.25, 0.3) is 27.6 Å². The molecular formula is C21H24N2. The maximum absolute atomic E-state index is 4.55. The molecule has 23 heavy (non-hydrogen) atoms. The Labute approximate surface area is 138 Å². The summed E-state index contributed by atoms with van der Waals surface area (Å²) in [6, 6.07) is 12.5. The van der Waals surface area contributed by atoms with E-state index >= 15 is 0 Å². The first-order chi connectivity index (χ1) is 11.2. The molecule has 0 N–H and O–H groups in total. The van der Waals surface area contributed by atoms with Gasteiger partial charge in [-0.2, -0.15) is 0 Å². The molecule has 2 aromatic heterocycles. The SMILES string of the molecule is C=C(C)/C=C\C(=C/C)n1c2ccccc2c2ncccc21.CC. The zero-order valence-corrected chi connectivity index (χ0v) is 14.4. The van der Waals surface area contributed by atoms with Gasteiger partial charge in [-0.1, -0.05) is 56.4 Å². The van der Waals surface area contributed by atoms with Crippen molar-refractivity contribution in [2.45, 2.75) is 27.7 Å². The van der Waals surface area contributed by atoms with Crippen molar-refractivity contribution in [1.29, 1.82) is 0 Å². The standard InChI is InChI=1S/C19H18N2.C2H6/c1-4-15(12-11-14(2)3)21-17-9-6-5-8-16(17)19-18(21)10-7-13-20-19;1-2/h4-13H,2H2,1,3H3;1-2H3/b12-11-,15-4+;. The van der Waals surface area contributed by atoms with Gasteiger partial charge in [0.05, 0.1) is 16.6 Å². The molecule has 0 spiro atoms. The first-order valence-electron chi connectivity index (χ1n) is 8.07. The minimum Gasteiger partial charge on any atom is -0.308 e. The van der Waals surface area contributed by atoms with Crippen molar-refractivity contribution in [1.82, 2.24) is 9.55 Å². The van der Waals surface area contributed by atoms with E-state index in [0.717, 1.165) is 22.3 Å². The topological polar surface area (TPSA) is 17.8 Å². The van der Waals surface area contributed by atoms with E-state index in [1.807, 2.05) is 39.1 Å². The molecule has 1 aromatic carbocycles. The number of rotatable bonds is 3. The Morgan fingerprint density at radius 1 is 1.04 bits per heavy atom. The highest BCUT2D eigenvalue weighted by Crippen LogP contribution is 2.30. The van der Waals surface area contributed by atoms with Gasteiger partial charge in [0, 0.05) is 17.3 Å². The second-order valence-corrected chi connectivity index (χ2v) is 5.12. The van der Waals surface area contributed by atoms with Crippen molar-refractivity contribution in [3.05, 3.63) is 73.0 Å². The van der Waals surface area contributed by atoms with Crippen molar-refractivity contribution < 1.29 is 0 Å². The quantitative estimate of drug-likeness (QED) is 0.526. The lowest BCUT2D eigenvalue weighted by Gasteiger charge is -2.08. The Bertz CT molecular complexity index is 826. The first kappa shape index (κ1) is 16.8. The molecule has 3 aromatic rings. The largest absolute Gasteiger partial charge is 0.308 e. The zero-order chi connectivity index (χ0) is 16.8. The second kappa shape index (κ2) is 7.59. The van der Waals surface area contributed by atoms with E-state index in [1.165, 1.54) is 10.9 Å². The Balaban J connectivity index is 0.000000924. The molecule has 0 aliphatic rings. The fourth-order valence-corrected chi connectivity index (χ4v) is 2.59. The van der Waals surface area contributed by atoms with Gasteiger partial charge in [-0.25, -0.2) is 0 Å². The van der Waals surface area contributed by atoms with Gasteiger partial charge in [-0.05, 0) is 38.1 Å². The molecule has 0 saturated carbocycles. The summed E-state index contributed by atoms with van der Waals surface area (Å²) in [7, 11) is 0. The molecule has 2 heteroatoms. The zero-order valence-electron chi connectivity index (χ0n) is 14.4. The summed E-state index contributed by atoms with van der Waals surface area (Å²) in [6.07, 6.45) is 8.09. The molecule has 2 heterocycles. The van der Waals surface area contributed by atoms with Gasteiger partial charge in [0.1, 0.15) is 0 Å². The summed E-state index contributed by atoms with van der Waals surface area (Å²) in [6.45, 7) is 12.0. The predicted molar refractivity (Wildman–Crippen MR) is 102 cm³/mol. The Morgan fingerprint density at radius 2 is 1.74 bits per heavy atom. The number of pyridine rings is 1. The fraction of sp³-hybridized carbons (Fsp3) is 0.190. The molecule has 0 bridgehead atoms. The molecule has 0 unspecified atom stereocenters. The lowest BCUT2D eigenvalue weighted by molar-refractivity contribution is 1.22. The smallest absolute Gasteiger partial charge is 0.0963 e. The van der Waals surface area contributed by atoms with Gasteiger partial charge in [0.25, 0.3) is 0 Å². The lowest BCUT2D eigenvalue weighted by atomic mass is 10.2. The highest BCUT2D eigenvalue weighted by Gasteiger charge is 2.11. The number of benzene rings is 1. The van der Waals surface area contributed by atoms with Crippen LogP contribution >= 0.6 is 0 Å². The molecule has 0 atom stereocenters. The number of hydrogen-bond acceptors (Lipinski definition) is 1. The van der Waals surface area contributed by atoms with Gasteiger partial charge >= 0.3 is 0 Å². The van der Waals surface area contributed by atoms with Gasteiger partial charge in [0.2, 0.25) is 0 Å². The van der Waals surface area contributed by atoms with Crippen LogP contribution in [0, 0.1) is 0 Å². The number of fused-ring (bicyclic) bond motifs is 3. The Kier molecular flexibility index (Phi) is 5.53. The van der Waals surface area contributed by atoms with Crippen LogP contribution in [0.5, 0.6) is 0 Å². The maximum atomic E-state index is 4.55. The van der Waals surface area contributed by atoms with E-state index in [-0.39, 0.29) is 0 Å². The van der Waals surface area contributed by atoms with E-state index in [1.54, 1.807) is 0 Å². The molecule has 0 aliphatic heterocycles. The average Bonchev–Trinajstić information content (AvgIpc) is 2.92. The molecule has 118 valence electrons. The van der Waals surface area contributed by atoms with Crippen molar-refractivity contribution in [3.63, 3.8) is 0 Å². The van der Waals surface area contributed by atoms with Crippen LogP contribution in [0.4, 0.5) is 0 Å². The number of hydrogen-bond donors (Lipinski definition) is 0. The average molecular weight is 304 g/mol. The van der Waals surface area contributed by atoms with E-state index in [0.29, 0.717) is 0 Å². The summed E-state index contributed by atoms with van der Waals surface area (Å²) in [5, 5.41) is 1.18. The molecule has 0 fully saturated rings. The van der Waals surface area contributed by atoms with Crippen molar-refractivity contribution in [2.24, 2.45) is 0 Å². The third kappa shape index (κ3) is 3.26. The van der Waals surface area contributed by atoms with Gasteiger partial charge in [-0.15, -0.1) is 0 Å². The van der Waals surface area contributed by atoms with Crippen LogP contribution in [0.15, 0.2) is 73.0 Å². The third-order valence-corrected chi connectivity index (χ3v) is 3.52. The molecule has 2 nitrogen and oxygen atoms in total. The number of nitrogens with zero attached hydrogens (tertiary/aromatic N) is 2. The summed E-state index contributed by atoms with van der Waals surface area (Å²) >= 11 is 0. The fourth-order valence-electron chi connectivity index (χ4n) is 2.59. The van der Waals surface area contributed by atoms with Crippen molar-refractivity contribution in [3.8, 4) is 0 Å². The Hall–Kier alpha value is -2.61. The lowest BCUT2D eigenvalue weighted by Crippen LogP contribution is -1.94. The van der Waals surface area contributed by atoms with Crippen molar-refractivity contribution >= 4 is 27.6 Å². The summed E-state index contributed by atoms with van der Waals surface area (Å²) in [5.41, 5.74) is 5.49. The van der Waals surface area contributed by atoms with Crippen molar-refractivity contribution in [2.75, 3.05) is 0 Å². The van der Waals surface area contributed by atoms with Gasteiger partial charge in [-0.3, -0.25) is 4.98 Å². The van der Waals surface area contributed by atoms with Gasteiger partial charge in [0.15, 0.2) is 0 Å². The van der Waals surface area contributed by atoms with E-state index in [4.69, 9.17) is 0 Å². The molecule has 0 radical (unpaired) electrons. The molecule has 0 amide bonds. The minimum atomic E-state index is 1.04. The second-order valence-electron chi connectivity index (χ2n) is 5.12. The molecular weight excluding hydrogens is 280 g/mol. The molecule has 0 saturated heterocycles. The summed E-state index contributed by atoms with van der Waals surface area (Å²) in [5.74, 6) is 0. The van der Waals surface area contributed by atoms with Crippen LogP contribution in [0.2, 0.25) is 0 Å². The number of para-hydroxylation sites is 1. The highest BCUT2D eigenvalue weighted by atomic mass is 15.0. The first-order valence-corrected chi connectivity index (χ1v) is 8.07. The summed E-state index contributed by atoms with van der Waals surface area (Å²) < 4.78 is 2.25. The van der Waals surface area contributed by atoms with Crippen LogP contribution < -0.4 is 0 Å². The molecule has 3 rings (SSSR count). The van der Waals surface area contributed by atoms with Crippen LogP contribution in [-0.4, -0.2) is 9.55 Å². The number of aromatic nitrogens is 2. The van der Waals surface area contributed by atoms with E-state index < -0.39 is 0 Å². The predicted octanol–water partition coefficient (Wildman–Crippen LogP) is 6.21. The maximum Gasteiger partial charge on any atom is 0.0963 e. The molecule has 0 aliphatic carbocycles. The Morgan fingerprint density at radius 3 is 2.43 bits per heavy atom. The van der Waals surface area contributed by atoms with Gasteiger partial charge < -0.3 is 4.57 Å². The van der Waals surface area contributed by atoms with E-state index in [9.17, 15) is 0 Å². The summed E-state index contributed by atoms with van der Waals surface area (Å²) in [4.78, 5) is 4.55. The highest BCUT2D eigenvalue weighted by molar-refractivity contribution is 6.08.